The van der Waals surface area contributed by atoms with Crippen LogP contribution in [0.1, 0.15) is 39.2 Å². The van der Waals surface area contributed by atoms with Crippen LogP contribution in [0.25, 0.3) is 5.69 Å². The number of aryl methyl sites for hydroxylation is 1. The minimum Gasteiger partial charge on any atom is -0.459 e. The van der Waals surface area contributed by atoms with Crippen molar-refractivity contribution < 1.29 is 23.5 Å². The average molecular weight is 473 g/mol. The third kappa shape index (κ3) is 4.71. The van der Waals surface area contributed by atoms with Gasteiger partial charge in [-0.15, -0.1) is 0 Å². The summed E-state index contributed by atoms with van der Waals surface area (Å²) in [6.45, 7) is 4.82. The van der Waals surface area contributed by atoms with Gasteiger partial charge in [-0.2, -0.15) is 0 Å². The SMILES string of the molecule is Cc1cc(C(=O)COC(=O)[C@H](C)NC(=O)c2ccco2)c(C)n1-c1ccc(Br)cc1. The first-order chi connectivity index (χ1) is 14.3. The maximum atomic E-state index is 12.7. The van der Waals surface area contributed by atoms with Crippen LogP contribution in [0.2, 0.25) is 0 Å². The molecule has 3 rings (SSSR count). The molecule has 0 spiro atoms. The van der Waals surface area contributed by atoms with Crippen LogP contribution in [-0.4, -0.2) is 34.9 Å². The lowest BCUT2D eigenvalue weighted by Crippen LogP contribution is -2.40. The number of hydrogen-bond donors (Lipinski definition) is 1. The zero-order valence-corrected chi connectivity index (χ0v) is 18.4. The Morgan fingerprint density at radius 3 is 2.50 bits per heavy atom. The number of carbonyl (C=O) groups is 3. The van der Waals surface area contributed by atoms with E-state index < -0.39 is 24.5 Å². The predicted molar refractivity (Wildman–Crippen MR) is 114 cm³/mol. The number of esters is 1. The van der Waals surface area contributed by atoms with E-state index in [-0.39, 0.29) is 11.5 Å². The Morgan fingerprint density at radius 2 is 1.87 bits per heavy atom. The number of ketones is 1. The Balaban J connectivity index is 1.63. The van der Waals surface area contributed by atoms with E-state index in [1.165, 1.54) is 19.3 Å². The van der Waals surface area contributed by atoms with E-state index in [9.17, 15) is 14.4 Å². The highest BCUT2D eigenvalue weighted by Crippen LogP contribution is 2.22. The van der Waals surface area contributed by atoms with Gasteiger partial charge in [0.2, 0.25) is 5.78 Å². The molecule has 1 atom stereocenters. The molecule has 0 radical (unpaired) electrons. The Labute approximate surface area is 182 Å². The number of amides is 1. The smallest absolute Gasteiger partial charge is 0.328 e. The van der Waals surface area contributed by atoms with Gasteiger partial charge in [-0.25, -0.2) is 4.79 Å². The summed E-state index contributed by atoms with van der Waals surface area (Å²) in [4.78, 5) is 36.8. The molecule has 8 heteroatoms. The van der Waals surface area contributed by atoms with E-state index in [2.05, 4.69) is 21.2 Å². The molecule has 0 aliphatic heterocycles. The number of furan rings is 1. The van der Waals surface area contributed by atoms with Crippen LogP contribution < -0.4 is 5.32 Å². The summed E-state index contributed by atoms with van der Waals surface area (Å²) in [6, 6.07) is 11.6. The molecule has 0 unspecified atom stereocenters. The molecule has 2 heterocycles. The lowest BCUT2D eigenvalue weighted by Gasteiger charge is -2.12. The predicted octanol–water partition coefficient (Wildman–Crippen LogP) is 3.99. The normalized spacial score (nSPS) is 11.7. The summed E-state index contributed by atoms with van der Waals surface area (Å²) < 4.78 is 13.0. The number of benzene rings is 1. The Morgan fingerprint density at radius 1 is 1.17 bits per heavy atom. The van der Waals surface area contributed by atoms with Gasteiger partial charge >= 0.3 is 5.97 Å². The summed E-state index contributed by atoms with van der Waals surface area (Å²) in [5, 5.41) is 2.47. The molecule has 156 valence electrons. The van der Waals surface area contributed by atoms with Crippen LogP contribution in [0.15, 0.2) is 57.6 Å². The van der Waals surface area contributed by atoms with Crippen LogP contribution in [0, 0.1) is 13.8 Å². The van der Waals surface area contributed by atoms with Crippen molar-refractivity contribution in [2.24, 2.45) is 0 Å². The van der Waals surface area contributed by atoms with E-state index in [0.717, 1.165) is 21.5 Å². The maximum absolute atomic E-state index is 12.7. The summed E-state index contributed by atoms with van der Waals surface area (Å²) >= 11 is 3.41. The number of nitrogens with zero attached hydrogens (tertiary/aromatic N) is 1. The summed E-state index contributed by atoms with van der Waals surface area (Å²) in [5.74, 6) is -1.46. The Kier molecular flexibility index (Phi) is 6.56. The molecule has 2 aromatic heterocycles. The highest BCUT2D eigenvalue weighted by atomic mass is 79.9. The fourth-order valence-corrected chi connectivity index (χ4v) is 3.37. The van der Waals surface area contributed by atoms with Crippen LogP contribution in [-0.2, 0) is 9.53 Å². The second-order valence-corrected chi connectivity index (χ2v) is 7.72. The van der Waals surface area contributed by atoms with Gasteiger partial charge < -0.3 is 19.0 Å². The molecule has 1 N–H and O–H groups in total. The molecule has 3 aromatic rings. The van der Waals surface area contributed by atoms with Crippen molar-refractivity contribution in [2.45, 2.75) is 26.8 Å². The van der Waals surface area contributed by atoms with Crippen LogP contribution in [0.3, 0.4) is 0 Å². The van der Waals surface area contributed by atoms with Gasteiger partial charge in [-0.3, -0.25) is 9.59 Å². The highest BCUT2D eigenvalue weighted by Gasteiger charge is 2.22. The maximum Gasteiger partial charge on any atom is 0.328 e. The highest BCUT2D eigenvalue weighted by molar-refractivity contribution is 9.10. The zero-order chi connectivity index (χ0) is 21.8. The Bertz CT molecular complexity index is 1070. The minimum absolute atomic E-state index is 0.0890. The zero-order valence-electron chi connectivity index (χ0n) is 16.8. The first-order valence-electron chi connectivity index (χ1n) is 9.27. The number of ether oxygens (including phenoxy) is 1. The van der Waals surface area contributed by atoms with E-state index in [1.807, 2.05) is 42.7 Å². The van der Waals surface area contributed by atoms with E-state index >= 15 is 0 Å². The average Bonchev–Trinajstić information content (AvgIpc) is 3.35. The van der Waals surface area contributed by atoms with Gasteiger partial charge in [0.1, 0.15) is 6.04 Å². The first kappa shape index (κ1) is 21.6. The number of hydrogen-bond acceptors (Lipinski definition) is 5. The topological polar surface area (TPSA) is 90.5 Å². The lowest BCUT2D eigenvalue weighted by atomic mass is 10.1. The summed E-state index contributed by atoms with van der Waals surface area (Å²) in [7, 11) is 0. The van der Waals surface area contributed by atoms with Gasteiger partial charge in [0, 0.05) is 27.1 Å². The Hall–Kier alpha value is -3.13. The largest absolute Gasteiger partial charge is 0.459 e. The molecule has 30 heavy (non-hydrogen) atoms. The molecule has 0 aliphatic rings. The number of Topliss-reactive ketones (excluding diaryl/α,β-unsaturated/α-hetero) is 1. The monoisotopic (exact) mass is 472 g/mol. The molecule has 0 saturated carbocycles. The summed E-state index contributed by atoms with van der Waals surface area (Å²) in [6.07, 6.45) is 1.36. The van der Waals surface area contributed by atoms with Crippen LogP contribution in [0.4, 0.5) is 0 Å². The van der Waals surface area contributed by atoms with Gasteiger partial charge in [0.25, 0.3) is 5.91 Å². The second kappa shape index (κ2) is 9.13. The van der Waals surface area contributed by atoms with Crippen molar-refractivity contribution in [3.63, 3.8) is 0 Å². The molecule has 0 saturated heterocycles. The number of carbonyl (C=O) groups excluding carboxylic acids is 3. The van der Waals surface area contributed by atoms with Gasteiger partial charge in [0.05, 0.1) is 6.26 Å². The van der Waals surface area contributed by atoms with Gasteiger partial charge in [0.15, 0.2) is 12.4 Å². The molecular formula is C22H21BrN2O5. The number of nitrogens with one attached hydrogen (secondary N) is 1. The van der Waals surface area contributed by atoms with Crippen molar-refractivity contribution in [2.75, 3.05) is 6.61 Å². The van der Waals surface area contributed by atoms with Crippen molar-refractivity contribution in [1.29, 1.82) is 0 Å². The number of rotatable bonds is 7. The molecule has 0 bridgehead atoms. The van der Waals surface area contributed by atoms with E-state index in [1.54, 1.807) is 12.1 Å². The van der Waals surface area contributed by atoms with Crippen molar-refractivity contribution in [3.8, 4) is 5.69 Å². The molecule has 0 aliphatic carbocycles. The fourth-order valence-electron chi connectivity index (χ4n) is 3.11. The fraction of sp³-hybridized carbons (Fsp3) is 0.227. The number of aromatic nitrogens is 1. The third-order valence-corrected chi connectivity index (χ3v) is 5.14. The van der Waals surface area contributed by atoms with Gasteiger partial charge in [-0.1, -0.05) is 15.9 Å². The quantitative estimate of drug-likeness (QED) is 0.414. The summed E-state index contributed by atoms with van der Waals surface area (Å²) in [5.41, 5.74) is 3.06. The standard InChI is InChI=1S/C22H21BrN2O5/c1-13-11-18(15(3)25(13)17-8-6-16(23)7-9-17)19(26)12-30-22(28)14(2)24-21(27)20-5-4-10-29-20/h4-11,14H,12H2,1-3H3,(H,24,27)/t14-/m0/s1. The molecular weight excluding hydrogens is 452 g/mol. The van der Waals surface area contributed by atoms with Crippen molar-refractivity contribution in [1.82, 2.24) is 9.88 Å². The van der Waals surface area contributed by atoms with Crippen molar-refractivity contribution >= 4 is 33.6 Å². The van der Waals surface area contributed by atoms with Crippen LogP contribution in [0.5, 0.6) is 0 Å². The third-order valence-electron chi connectivity index (χ3n) is 4.61. The van der Waals surface area contributed by atoms with Crippen LogP contribution >= 0.6 is 15.9 Å². The molecule has 0 fully saturated rings. The minimum atomic E-state index is -0.925. The van der Waals surface area contributed by atoms with Gasteiger partial charge in [-0.05, 0) is 63.2 Å². The number of halogens is 1. The molecule has 1 aromatic carbocycles. The first-order valence-corrected chi connectivity index (χ1v) is 10.1. The van der Waals surface area contributed by atoms with E-state index in [4.69, 9.17) is 9.15 Å². The lowest BCUT2D eigenvalue weighted by molar-refractivity contribution is -0.144. The van der Waals surface area contributed by atoms with Crippen molar-refractivity contribution in [3.05, 3.63) is 75.9 Å². The molecule has 1 amide bonds. The molecule has 7 nitrogen and oxygen atoms in total. The van der Waals surface area contributed by atoms with E-state index in [0.29, 0.717) is 5.56 Å². The second-order valence-electron chi connectivity index (χ2n) is 6.80.